The first-order valence-electron chi connectivity index (χ1n) is 10.3. The fraction of sp³-hybridized carbons (Fsp3) is 0.391. The van der Waals surface area contributed by atoms with Crippen molar-refractivity contribution in [2.75, 3.05) is 19.6 Å². The molecule has 2 aromatic rings. The molecule has 31 heavy (non-hydrogen) atoms. The largest absolute Gasteiger partial charge is 0.440 e. The van der Waals surface area contributed by atoms with E-state index in [0.29, 0.717) is 33.5 Å². The fourth-order valence-electron chi connectivity index (χ4n) is 4.00. The minimum Gasteiger partial charge on any atom is -0.440 e. The van der Waals surface area contributed by atoms with Gasteiger partial charge in [-0.05, 0) is 50.7 Å². The number of ether oxygens (including phenoxy) is 1. The second-order valence-corrected chi connectivity index (χ2v) is 8.34. The van der Waals surface area contributed by atoms with Gasteiger partial charge >= 0.3 is 0 Å². The molecular weight excluding hydrogens is 435 g/mol. The third kappa shape index (κ3) is 4.59. The molecule has 2 heterocycles. The van der Waals surface area contributed by atoms with Gasteiger partial charge in [0.15, 0.2) is 0 Å². The number of aromatic nitrogens is 1. The summed E-state index contributed by atoms with van der Waals surface area (Å²) in [4.78, 5) is 15.9. The van der Waals surface area contributed by atoms with Crippen molar-refractivity contribution in [3.8, 4) is 11.8 Å². The summed E-state index contributed by atoms with van der Waals surface area (Å²) in [6, 6.07) is 8.89. The molecule has 0 spiro atoms. The molecule has 1 aliphatic rings. The van der Waals surface area contributed by atoms with Crippen molar-refractivity contribution in [3.63, 3.8) is 0 Å². The van der Waals surface area contributed by atoms with Gasteiger partial charge in [0.1, 0.15) is 17.4 Å². The Labute approximate surface area is 192 Å². The van der Waals surface area contributed by atoms with Gasteiger partial charge in [0.25, 0.3) is 5.56 Å². The standard InChI is InChI=1S/C23H26Cl2N4O2/c1-4-28(5-2)9-6-10-29-14(3)11-19-21(23(29)30)20(17(13-26)22(27)31-19)16-8-7-15(24)12-18(16)25/h7-8,11-12,20H,4-6,9-10,27H2,1-3H3/t20-/m0/s1. The summed E-state index contributed by atoms with van der Waals surface area (Å²) < 4.78 is 7.42. The van der Waals surface area contributed by atoms with Crippen LogP contribution < -0.4 is 16.0 Å². The maximum atomic E-state index is 13.6. The zero-order chi connectivity index (χ0) is 22.7. The van der Waals surface area contributed by atoms with Crippen molar-refractivity contribution >= 4 is 23.2 Å². The summed E-state index contributed by atoms with van der Waals surface area (Å²) in [7, 11) is 0. The zero-order valence-corrected chi connectivity index (χ0v) is 19.4. The lowest BCUT2D eigenvalue weighted by Gasteiger charge is -2.28. The average molecular weight is 461 g/mol. The molecule has 0 aliphatic carbocycles. The van der Waals surface area contributed by atoms with Crippen LogP contribution in [0.1, 0.15) is 43.0 Å². The summed E-state index contributed by atoms with van der Waals surface area (Å²) in [5, 5.41) is 10.6. The predicted octanol–water partition coefficient (Wildman–Crippen LogP) is 4.41. The van der Waals surface area contributed by atoms with Gasteiger partial charge in [0, 0.05) is 28.4 Å². The number of hydrogen-bond acceptors (Lipinski definition) is 5. The van der Waals surface area contributed by atoms with Crippen molar-refractivity contribution in [3.05, 3.63) is 72.9 Å². The number of nitrogens with two attached hydrogens (primary N) is 1. The second kappa shape index (κ2) is 9.78. The molecular formula is C23H26Cl2N4O2. The molecule has 3 rings (SSSR count). The van der Waals surface area contributed by atoms with Crippen LogP contribution in [0.4, 0.5) is 0 Å². The van der Waals surface area contributed by atoms with Crippen molar-refractivity contribution in [1.29, 1.82) is 5.26 Å². The van der Waals surface area contributed by atoms with Crippen LogP contribution in [0.3, 0.4) is 0 Å². The summed E-state index contributed by atoms with van der Waals surface area (Å²) in [5.74, 6) is -0.389. The normalized spacial score (nSPS) is 15.6. The molecule has 8 heteroatoms. The van der Waals surface area contributed by atoms with Gasteiger partial charge in [-0.1, -0.05) is 43.1 Å². The van der Waals surface area contributed by atoms with Gasteiger partial charge in [-0.2, -0.15) is 5.26 Å². The summed E-state index contributed by atoms with van der Waals surface area (Å²) >= 11 is 12.5. The minimum absolute atomic E-state index is 0.0240. The van der Waals surface area contributed by atoms with E-state index in [1.54, 1.807) is 28.8 Å². The molecule has 0 radical (unpaired) electrons. The van der Waals surface area contributed by atoms with E-state index in [9.17, 15) is 10.1 Å². The highest BCUT2D eigenvalue weighted by molar-refractivity contribution is 6.35. The highest BCUT2D eigenvalue weighted by Gasteiger charge is 2.35. The van der Waals surface area contributed by atoms with Gasteiger partial charge in [0.05, 0.1) is 11.5 Å². The van der Waals surface area contributed by atoms with Crippen LogP contribution in [0.5, 0.6) is 5.75 Å². The number of allylic oxidation sites excluding steroid dienone is 1. The lowest BCUT2D eigenvalue weighted by molar-refractivity contribution is 0.292. The van der Waals surface area contributed by atoms with Crippen LogP contribution in [-0.4, -0.2) is 29.1 Å². The maximum Gasteiger partial charge on any atom is 0.258 e. The number of halogens is 2. The van der Waals surface area contributed by atoms with Gasteiger partial charge in [-0.15, -0.1) is 0 Å². The molecule has 2 N–H and O–H groups in total. The Balaban J connectivity index is 2.11. The lowest BCUT2D eigenvalue weighted by Crippen LogP contribution is -2.33. The van der Waals surface area contributed by atoms with E-state index in [1.807, 2.05) is 6.92 Å². The lowest BCUT2D eigenvalue weighted by atomic mass is 9.84. The Kier molecular flexibility index (Phi) is 7.32. The molecule has 0 saturated heterocycles. The molecule has 1 atom stereocenters. The Morgan fingerprint density at radius 2 is 1.97 bits per heavy atom. The summed E-state index contributed by atoms with van der Waals surface area (Å²) in [6.45, 7) is 9.51. The minimum atomic E-state index is -0.722. The molecule has 0 amide bonds. The van der Waals surface area contributed by atoms with Gasteiger partial charge < -0.3 is 19.9 Å². The number of aryl methyl sites for hydroxylation is 1. The van der Waals surface area contributed by atoms with E-state index in [1.165, 1.54) is 0 Å². The van der Waals surface area contributed by atoms with E-state index in [0.717, 1.165) is 31.7 Å². The third-order valence-corrected chi connectivity index (χ3v) is 6.28. The number of fused-ring (bicyclic) bond motifs is 1. The average Bonchev–Trinajstić information content (AvgIpc) is 2.72. The Bertz CT molecular complexity index is 1110. The molecule has 0 bridgehead atoms. The van der Waals surface area contributed by atoms with Crippen molar-refractivity contribution in [2.45, 2.75) is 39.7 Å². The second-order valence-electron chi connectivity index (χ2n) is 7.49. The third-order valence-electron chi connectivity index (χ3n) is 5.71. The molecule has 1 aliphatic heterocycles. The van der Waals surface area contributed by atoms with E-state index in [2.05, 4.69) is 24.8 Å². The topological polar surface area (TPSA) is 84.3 Å². The number of pyridine rings is 1. The first kappa shape index (κ1) is 23.2. The maximum absolute atomic E-state index is 13.6. The Morgan fingerprint density at radius 1 is 1.26 bits per heavy atom. The number of rotatable bonds is 7. The zero-order valence-electron chi connectivity index (χ0n) is 17.9. The number of hydrogen-bond donors (Lipinski definition) is 1. The van der Waals surface area contributed by atoms with Crippen molar-refractivity contribution in [2.24, 2.45) is 5.73 Å². The van der Waals surface area contributed by atoms with Gasteiger partial charge in [0.2, 0.25) is 5.88 Å². The number of nitrogens with zero attached hydrogens (tertiary/aromatic N) is 3. The highest BCUT2D eigenvalue weighted by atomic mass is 35.5. The quantitative estimate of drug-likeness (QED) is 0.660. The van der Waals surface area contributed by atoms with Crippen molar-refractivity contribution in [1.82, 2.24) is 9.47 Å². The van der Waals surface area contributed by atoms with Crippen molar-refractivity contribution < 1.29 is 4.74 Å². The Morgan fingerprint density at radius 3 is 2.58 bits per heavy atom. The molecule has 0 fully saturated rings. The van der Waals surface area contributed by atoms with E-state index >= 15 is 0 Å². The molecule has 0 unspecified atom stereocenters. The number of nitriles is 1. The molecule has 6 nitrogen and oxygen atoms in total. The first-order valence-corrected chi connectivity index (χ1v) is 11.1. The number of benzene rings is 1. The first-order chi connectivity index (χ1) is 14.8. The van der Waals surface area contributed by atoms with E-state index in [4.69, 9.17) is 33.7 Å². The predicted molar refractivity (Wildman–Crippen MR) is 124 cm³/mol. The van der Waals surface area contributed by atoms with Crippen LogP contribution in [-0.2, 0) is 6.54 Å². The van der Waals surface area contributed by atoms with Gasteiger partial charge in [-0.3, -0.25) is 4.79 Å². The van der Waals surface area contributed by atoms with Crippen LogP contribution >= 0.6 is 23.2 Å². The molecule has 164 valence electrons. The monoisotopic (exact) mass is 460 g/mol. The van der Waals surface area contributed by atoms with E-state index in [-0.39, 0.29) is 17.0 Å². The Hall–Kier alpha value is -2.46. The van der Waals surface area contributed by atoms with Crippen LogP contribution in [0.2, 0.25) is 10.0 Å². The highest BCUT2D eigenvalue weighted by Crippen LogP contribution is 2.43. The van der Waals surface area contributed by atoms with Crippen LogP contribution in [0.25, 0.3) is 0 Å². The SMILES string of the molecule is CCN(CC)CCCn1c(C)cc2c(c1=O)[C@@H](c1ccc(Cl)cc1Cl)C(C#N)=C(N)O2. The smallest absolute Gasteiger partial charge is 0.258 e. The van der Waals surface area contributed by atoms with Crippen LogP contribution in [0.15, 0.2) is 40.5 Å². The molecule has 1 aromatic carbocycles. The summed E-state index contributed by atoms with van der Waals surface area (Å²) in [5.41, 5.74) is 7.73. The van der Waals surface area contributed by atoms with E-state index < -0.39 is 5.92 Å². The van der Waals surface area contributed by atoms with Crippen LogP contribution in [0, 0.1) is 18.3 Å². The van der Waals surface area contributed by atoms with Gasteiger partial charge in [-0.25, -0.2) is 0 Å². The molecule has 0 saturated carbocycles. The fourth-order valence-corrected chi connectivity index (χ4v) is 4.52. The molecule has 1 aromatic heterocycles. The summed E-state index contributed by atoms with van der Waals surface area (Å²) in [6.07, 6.45) is 0.831.